The van der Waals surface area contributed by atoms with Crippen LogP contribution in [0.5, 0.6) is 5.75 Å². The van der Waals surface area contributed by atoms with Gasteiger partial charge in [-0.1, -0.05) is 6.42 Å². The number of aldehydes is 1. The van der Waals surface area contributed by atoms with Gasteiger partial charge in [0.05, 0.1) is 17.8 Å². The Morgan fingerprint density at radius 1 is 1.52 bits per heavy atom. The van der Waals surface area contributed by atoms with Crippen molar-refractivity contribution in [3.05, 3.63) is 29.3 Å². The van der Waals surface area contributed by atoms with Crippen molar-refractivity contribution < 1.29 is 19.4 Å². The SMILES string of the molecule is O=Cc1cc(C(=O)NCC23CCCC(CO2)C3)ccc1O. The number of carbonyl (C=O) groups is 2. The molecule has 3 rings (SSSR count). The second-order valence-corrected chi connectivity index (χ2v) is 6.03. The van der Waals surface area contributed by atoms with Crippen LogP contribution in [0, 0.1) is 5.92 Å². The van der Waals surface area contributed by atoms with Crippen LogP contribution in [0.15, 0.2) is 18.2 Å². The molecule has 5 nitrogen and oxygen atoms in total. The molecule has 0 spiro atoms. The second-order valence-electron chi connectivity index (χ2n) is 6.03. The minimum absolute atomic E-state index is 0.116. The molecule has 2 aliphatic rings. The lowest BCUT2D eigenvalue weighted by Crippen LogP contribution is -2.43. The Labute approximate surface area is 123 Å². The topological polar surface area (TPSA) is 75.6 Å². The molecule has 1 amide bonds. The summed E-state index contributed by atoms with van der Waals surface area (Å²) >= 11 is 0. The van der Waals surface area contributed by atoms with Crippen molar-refractivity contribution in [2.45, 2.75) is 31.3 Å². The molecule has 5 heteroatoms. The summed E-state index contributed by atoms with van der Waals surface area (Å²) in [6.45, 7) is 1.30. The highest BCUT2D eigenvalue weighted by Gasteiger charge is 2.43. The number of nitrogens with one attached hydrogen (secondary N) is 1. The number of hydrogen-bond acceptors (Lipinski definition) is 4. The van der Waals surface area contributed by atoms with E-state index < -0.39 is 0 Å². The number of aromatic hydroxyl groups is 1. The van der Waals surface area contributed by atoms with Crippen LogP contribution in [-0.2, 0) is 4.74 Å². The Hall–Kier alpha value is -1.88. The molecule has 0 aromatic heterocycles. The fourth-order valence-corrected chi connectivity index (χ4v) is 3.36. The van der Waals surface area contributed by atoms with Crippen LogP contribution in [0.1, 0.15) is 46.4 Å². The maximum absolute atomic E-state index is 12.2. The number of fused-ring (bicyclic) bond motifs is 2. The van der Waals surface area contributed by atoms with Crippen molar-refractivity contribution in [3.63, 3.8) is 0 Å². The molecule has 2 N–H and O–H groups in total. The first-order valence-corrected chi connectivity index (χ1v) is 7.32. The standard InChI is InChI=1S/C16H19NO4/c18-8-13-6-12(3-4-14(13)19)15(20)17-10-16-5-1-2-11(7-16)9-21-16/h3-4,6,8,11,19H,1-2,5,7,9-10H2,(H,17,20). The predicted octanol–water partition coefficient (Wildman–Crippen LogP) is 1.89. The maximum Gasteiger partial charge on any atom is 0.251 e. The summed E-state index contributed by atoms with van der Waals surface area (Å²) in [7, 11) is 0. The third kappa shape index (κ3) is 2.78. The summed E-state index contributed by atoms with van der Waals surface area (Å²) in [4.78, 5) is 23.0. The minimum Gasteiger partial charge on any atom is -0.507 e. The molecule has 2 atom stereocenters. The van der Waals surface area contributed by atoms with Gasteiger partial charge in [0.1, 0.15) is 5.75 Å². The summed E-state index contributed by atoms with van der Waals surface area (Å²) in [5.41, 5.74) is 0.288. The molecule has 1 saturated heterocycles. The molecule has 21 heavy (non-hydrogen) atoms. The van der Waals surface area contributed by atoms with Crippen LogP contribution in [0.4, 0.5) is 0 Å². The van der Waals surface area contributed by atoms with E-state index in [4.69, 9.17) is 4.74 Å². The van der Waals surface area contributed by atoms with E-state index in [1.54, 1.807) is 0 Å². The lowest BCUT2D eigenvalue weighted by atomic mass is 9.81. The highest BCUT2D eigenvalue weighted by Crippen LogP contribution is 2.41. The molecule has 1 saturated carbocycles. The third-order valence-electron chi connectivity index (χ3n) is 4.52. The van der Waals surface area contributed by atoms with Gasteiger partial charge in [-0.2, -0.15) is 0 Å². The molecule has 112 valence electrons. The fraction of sp³-hybridized carbons (Fsp3) is 0.500. The van der Waals surface area contributed by atoms with E-state index >= 15 is 0 Å². The van der Waals surface area contributed by atoms with E-state index in [1.807, 2.05) is 0 Å². The van der Waals surface area contributed by atoms with Gasteiger partial charge in [0, 0.05) is 12.1 Å². The van der Waals surface area contributed by atoms with Crippen molar-refractivity contribution in [1.82, 2.24) is 5.32 Å². The summed E-state index contributed by atoms with van der Waals surface area (Å²) in [6.07, 6.45) is 4.91. The van der Waals surface area contributed by atoms with Gasteiger partial charge in [-0.05, 0) is 43.4 Å². The zero-order valence-corrected chi connectivity index (χ0v) is 11.8. The van der Waals surface area contributed by atoms with E-state index in [9.17, 15) is 14.7 Å². The Kier molecular flexibility index (Phi) is 3.68. The van der Waals surface area contributed by atoms with Gasteiger partial charge in [0.2, 0.25) is 0 Å². The zero-order valence-electron chi connectivity index (χ0n) is 11.8. The van der Waals surface area contributed by atoms with Crippen molar-refractivity contribution in [2.75, 3.05) is 13.2 Å². The van der Waals surface area contributed by atoms with Gasteiger partial charge < -0.3 is 15.2 Å². The summed E-state index contributed by atoms with van der Waals surface area (Å²) < 4.78 is 5.90. The van der Waals surface area contributed by atoms with Crippen molar-refractivity contribution in [3.8, 4) is 5.75 Å². The normalized spacial score (nSPS) is 27.3. The van der Waals surface area contributed by atoms with Crippen LogP contribution in [0.25, 0.3) is 0 Å². The van der Waals surface area contributed by atoms with Gasteiger partial charge in [0.15, 0.2) is 6.29 Å². The smallest absolute Gasteiger partial charge is 0.251 e. The van der Waals surface area contributed by atoms with Gasteiger partial charge in [0.25, 0.3) is 5.91 Å². The Morgan fingerprint density at radius 2 is 2.38 bits per heavy atom. The maximum atomic E-state index is 12.2. The Bertz CT molecular complexity index is 567. The lowest BCUT2D eigenvalue weighted by Gasteiger charge is -2.31. The average molecular weight is 289 g/mol. The molecule has 1 aliphatic carbocycles. The number of amides is 1. The predicted molar refractivity (Wildman–Crippen MR) is 76.5 cm³/mol. The number of ether oxygens (including phenoxy) is 1. The first-order chi connectivity index (χ1) is 10.1. The summed E-state index contributed by atoms with van der Waals surface area (Å²) in [5, 5.41) is 12.3. The van der Waals surface area contributed by atoms with E-state index in [0.29, 0.717) is 24.3 Å². The van der Waals surface area contributed by atoms with Crippen LogP contribution in [-0.4, -0.2) is 36.1 Å². The van der Waals surface area contributed by atoms with Crippen molar-refractivity contribution >= 4 is 12.2 Å². The molecular formula is C16H19NO4. The van der Waals surface area contributed by atoms with Crippen LogP contribution >= 0.6 is 0 Å². The quantitative estimate of drug-likeness (QED) is 0.830. The number of rotatable bonds is 4. The third-order valence-corrected chi connectivity index (χ3v) is 4.52. The molecule has 2 unspecified atom stereocenters. The van der Waals surface area contributed by atoms with Crippen LogP contribution < -0.4 is 5.32 Å². The fourth-order valence-electron chi connectivity index (χ4n) is 3.36. The zero-order chi connectivity index (χ0) is 14.9. The average Bonchev–Trinajstić information content (AvgIpc) is 2.80. The van der Waals surface area contributed by atoms with Crippen LogP contribution in [0.2, 0.25) is 0 Å². The first-order valence-electron chi connectivity index (χ1n) is 7.32. The molecule has 0 radical (unpaired) electrons. The van der Waals surface area contributed by atoms with Crippen molar-refractivity contribution in [1.29, 1.82) is 0 Å². The number of phenolic OH excluding ortho intramolecular Hbond substituents is 1. The van der Waals surface area contributed by atoms with Crippen molar-refractivity contribution in [2.24, 2.45) is 5.92 Å². The summed E-state index contributed by atoms with van der Waals surface area (Å²) in [5.74, 6) is 0.269. The molecule has 2 bridgehead atoms. The number of benzene rings is 1. The number of phenols is 1. The van der Waals surface area contributed by atoms with Gasteiger partial charge in [-0.3, -0.25) is 9.59 Å². The Balaban J connectivity index is 1.65. The van der Waals surface area contributed by atoms with E-state index in [-0.39, 0.29) is 22.8 Å². The van der Waals surface area contributed by atoms with Gasteiger partial charge in [-0.15, -0.1) is 0 Å². The van der Waals surface area contributed by atoms with E-state index in [1.165, 1.54) is 24.6 Å². The highest BCUT2D eigenvalue weighted by molar-refractivity contribution is 5.96. The molecular weight excluding hydrogens is 270 g/mol. The molecule has 1 aliphatic heterocycles. The lowest BCUT2D eigenvalue weighted by molar-refractivity contribution is -0.000293. The Morgan fingerprint density at radius 3 is 3.19 bits per heavy atom. The molecule has 2 fully saturated rings. The molecule has 1 heterocycles. The minimum atomic E-state index is -0.245. The number of carbonyl (C=O) groups excluding carboxylic acids is 2. The van der Waals surface area contributed by atoms with Gasteiger partial charge in [-0.25, -0.2) is 0 Å². The van der Waals surface area contributed by atoms with E-state index in [2.05, 4.69) is 5.32 Å². The largest absolute Gasteiger partial charge is 0.507 e. The van der Waals surface area contributed by atoms with Crippen LogP contribution in [0.3, 0.4) is 0 Å². The second kappa shape index (κ2) is 5.48. The van der Waals surface area contributed by atoms with Gasteiger partial charge >= 0.3 is 0 Å². The monoisotopic (exact) mass is 289 g/mol. The molecule has 1 aromatic carbocycles. The first kappa shape index (κ1) is 14.1. The highest BCUT2D eigenvalue weighted by atomic mass is 16.5. The summed E-state index contributed by atoms with van der Waals surface area (Å²) in [6, 6.07) is 4.27. The van der Waals surface area contributed by atoms with E-state index in [0.717, 1.165) is 25.9 Å². The number of hydrogen-bond donors (Lipinski definition) is 2. The molecule has 1 aromatic rings.